The molecule has 0 amide bonds. The van der Waals surface area contributed by atoms with Gasteiger partial charge in [0.15, 0.2) is 0 Å². The van der Waals surface area contributed by atoms with Gasteiger partial charge in [0, 0.05) is 10.5 Å². The average Bonchev–Trinajstić information content (AvgIpc) is 2.78. The van der Waals surface area contributed by atoms with E-state index in [0.29, 0.717) is 11.4 Å². The predicted molar refractivity (Wildman–Crippen MR) is 86.6 cm³/mol. The van der Waals surface area contributed by atoms with Gasteiger partial charge in [-0.3, -0.25) is 0 Å². The smallest absolute Gasteiger partial charge is 0.241 e. The molecule has 1 fully saturated rings. The Hall–Kier alpha value is -0.140. The van der Waals surface area contributed by atoms with E-state index < -0.39 is 10.0 Å². The van der Waals surface area contributed by atoms with Gasteiger partial charge in [-0.15, -0.1) is 12.4 Å². The summed E-state index contributed by atoms with van der Waals surface area (Å²) in [5.74, 6) is 0.252. The first kappa shape index (κ1) is 17.9. The largest absolute Gasteiger partial charge is 0.330 e. The second-order valence-corrected chi connectivity index (χ2v) is 7.55. The predicted octanol–water partition coefficient (Wildman–Crippen LogP) is 2.59. The van der Waals surface area contributed by atoms with Crippen molar-refractivity contribution in [2.24, 2.45) is 11.7 Å². The van der Waals surface area contributed by atoms with Crippen LogP contribution in [0.15, 0.2) is 27.6 Å². The molecule has 3 N–H and O–H groups in total. The monoisotopic (exact) mass is 382 g/mol. The van der Waals surface area contributed by atoms with E-state index in [1.54, 1.807) is 19.1 Å². The molecule has 1 saturated carbocycles. The Balaban J connectivity index is 0.00000200. The summed E-state index contributed by atoms with van der Waals surface area (Å²) in [7, 11) is -3.48. The second-order valence-electron chi connectivity index (χ2n) is 5.02. The van der Waals surface area contributed by atoms with Gasteiger partial charge in [-0.1, -0.05) is 28.4 Å². The van der Waals surface area contributed by atoms with Crippen molar-refractivity contribution in [3.63, 3.8) is 0 Å². The summed E-state index contributed by atoms with van der Waals surface area (Å²) < 4.78 is 28.5. The molecule has 4 nitrogen and oxygen atoms in total. The van der Waals surface area contributed by atoms with Gasteiger partial charge in [0.25, 0.3) is 0 Å². The lowest BCUT2D eigenvalue weighted by Crippen LogP contribution is -2.40. The third-order valence-corrected chi connectivity index (χ3v) is 6.27. The average molecular weight is 384 g/mol. The summed E-state index contributed by atoms with van der Waals surface area (Å²) in [5, 5.41) is 0. The topological polar surface area (TPSA) is 72.2 Å². The van der Waals surface area contributed by atoms with Crippen LogP contribution in [0.4, 0.5) is 0 Å². The molecule has 2 unspecified atom stereocenters. The zero-order valence-corrected chi connectivity index (χ0v) is 14.5. The molecule has 0 spiro atoms. The van der Waals surface area contributed by atoms with Crippen molar-refractivity contribution in [3.8, 4) is 0 Å². The number of hydrogen-bond donors (Lipinski definition) is 2. The molecule has 0 saturated heterocycles. The number of benzene rings is 1. The lowest BCUT2D eigenvalue weighted by atomic mass is 10.1. The van der Waals surface area contributed by atoms with Crippen molar-refractivity contribution in [3.05, 3.63) is 28.2 Å². The van der Waals surface area contributed by atoms with Crippen LogP contribution in [0.1, 0.15) is 24.8 Å². The first-order valence-electron chi connectivity index (χ1n) is 6.43. The molecule has 114 valence electrons. The summed E-state index contributed by atoms with van der Waals surface area (Å²) in [6, 6.07) is 5.18. The van der Waals surface area contributed by atoms with E-state index in [1.807, 2.05) is 6.07 Å². The van der Waals surface area contributed by atoms with Gasteiger partial charge in [-0.2, -0.15) is 0 Å². The number of nitrogens with one attached hydrogen (secondary N) is 1. The van der Waals surface area contributed by atoms with Crippen LogP contribution in [-0.2, 0) is 10.0 Å². The van der Waals surface area contributed by atoms with Crippen molar-refractivity contribution in [1.82, 2.24) is 4.72 Å². The first-order valence-corrected chi connectivity index (χ1v) is 8.71. The highest BCUT2D eigenvalue weighted by Crippen LogP contribution is 2.28. The zero-order chi connectivity index (χ0) is 14.0. The van der Waals surface area contributed by atoms with E-state index in [0.717, 1.165) is 29.3 Å². The summed E-state index contributed by atoms with van der Waals surface area (Å²) in [6.45, 7) is 2.33. The van der Waals surface area contributed by atoms with Crippen LogP contribution in [0.5, 0.6) is 0 Å². The van der Waals surface area contributed by atoms with E-state index in [1.165, 1.54) is 0 Å². The Morgan fingerprint density at radius 3 is 2.75 bits per heavy atom. The van der Waals surface area contributed by atoms with Gasteiger partial charge in [0.2, 0.25) is 10.0 Å². The Bertz CT molecular complexity index is 565. The van der Waals surface area contributed by atoms with Crippen molar-refractivity contribution in [1.29, 1.82) is 0 Å². The Morgan fingerprint density at radius 1 is 1.40 bits per heavy atom. The summed E-state index contributed by atoms with van der Waals surface area (Å²) >= 11 is 3.36. The molecule has 2 rings (SSSR count). The van der Waals surface area contributed by atoms with Gasteiger partial charge in [0.05, 0.1) is 4.90 Å². The fourth-order valence-corrected chi connectivity index (χ4v) is 4.72. The number of sulfonamides is 1. The number of halogens is 2. The highest BCUT2D eigenvalue weighted by molar-refractivity contribution is 9.10. The van der Waals surface area contributed by atoms with E-state index >= 15 is 0 Å². The molecule has 1 aliphatic rings. The van der Waals surface area contributed by atoms with Gasteiger partial charge in [0.1, 0.15) is 0 Å². The molecule has 0 radical (unpaired) electrons. The van der Waals surface area contributed by atoms with Gasteiger partial charge >= 0.3 is 0 Å². The minimum Gasteiger partial charge on any atom is -0.330 e. The molecule has 0 aromatic heterocycles. The SMILES string of the molecule is Cc1c(Br)cccc1S(=O)(=O)NC1CCCC1CN.Cl. The van der Waals surface area contributed by atoms with E-state index in [-0.39, 0.29) is 24.4 Å². The van der Waals surface area contributed by atoms with Crippen LogP contribution < -0.4 is 10.5 Å². The molecule has 1 aromatic rings. The maximum atomic E-state index is 12.4. The minimum absolute atomic E-state index is 0. The normalized spacial score (nSPS) is 22.6. The Morgan fingerprint density at radius 2 is 2.10 bits per heavy atom. The number of rotatable bonds is 4. The molecule has 0 bridgehead atoms. The van der Waals surface area contributed by atoms with Crippen molar-refractivity contribution >= 4 is 38.4 Å². The molecule has 1 aliphatic carbocycles. The lowest BCUT2D eigenvalue weighted by molar-refractivity contribution is 0.452. The zero-order valence-electron chi connectivity index (χ0n) is 11.3. The first-order chi connectivity index (χ1) is 8.95. The van der Waals surface area contributed by atoms with Gasteiger partial charge in [-0.05, 0) is 49.9 Å². The van der Waals surface area contributed by atoms with Crippen molar-refractivity contribution in [2.45, 2.75) is 37.1 Å². The third kappa shape index (κ3) is 3.74. The molecular weight excluding hydrogens is 364 g/mol. The quantitative estimate of drug-likeness (QED) is 0.839. The molecule has 20 heavy (non-hydrogen) atoms. The van der Waals surface area contributed by atoms with Crippen LogP contribution in [-0.4, -0.2) is 21.0 Å². The summed E-state index contributed by atoms with van der Waals surface area (Å²) in [4.78, 5) is 0.338. The van der Waals surface area contributed by atoms with Gasteiger partial charge < -0.3 is 5.73 Å². The van der Waals surface area contributed by atoms with E-state index in [9.17, 15) is 8.42 Å². The Kier molecular flexibility index (Phi) is 6.47. The molecule has 0 aliphatic heterocycles. The number of nitrogens with two attached hydrogens (primary N) is 1. The fraction of sp³-hybridized carbons (Fsp3) is 0.538. The van der Waals surface area contributed by atoms with Gasteiger partial charge in [-0.25, -0.2) is 13.1 Å². The summed E-state index contributed by atoms with van der Waals surface area (Å²) in [5.41, 5.74) is 6.43. The second kappa shape index (κ2) is 7.22. The van der Waals surface area contributed by atoms with E-state index in [2.05, 4.69) is 20.7 Å². The highest BCUT2D eigenvalue weighted by Gasteiger charge is 2.31. The van der Waals surface area contributed by atoms with Crippen LogP contribution in [0.25, 0.3) is 0 Å². The maximum Gasteiger partial charge on any atom is 0.241 e. The molecule has 7 heteroatoms. The fourth-order valence-electron chi connectivity index (χ4n) is 2.62. The van der Waals surface area contributed by atoms with Crippen LogP contribution >= 0.6 is 28.3 Å². The van der Waals surface area contributed by atoms with Crippen LogP contribution in [0, 0.1) is 12.8 Å². The Labute approximate surface area is 135 Å². The molecule has 0 heterocycles. The highest BCUT2D eigenvalue weighted by atomic mass is 79.9. The summed E-state index contributed by atoms with van der Waals surface area (Å²) in [6.07, 6.45) is 2.90. The van der Waals surface area contributed by atoms with E-state index in [4.69, 9.17) is 5.73 Å². The maximum absolute atomic E-state index is 12.4. The molecule has 1 aromatic carbocycles. The third-order valence-electron chi connectivity index (χ3n) is 3.78. The van der Waals surface area contributed by atoms with Crippen molar-refractivity contribution < 1.29 is 8.42 Å². The standard InChI is InChI=1S/C13H19BrN2O2S.ClH/c1-9-11(14)5-3-7-13(9)19(17,18)16-12-6-2-4-10(12)8-15;/h3,5,7,10,12,16H,2,4,6,8,15H2,1H3;1H. The lowest BCUT2D eigenvalue weighted by Gasteiger charge is -2.20. The van der Waals surface area contributed by atoms with Crippen LogP contribution in [0.3, 0.4) is 0 Å². The molecular formula is C13H20BrClN2O2S. The van der Waals surface area contributed by atoms with Crippen LogP contribution in [0.2, 0.25) is 0 Å². The van der Waals surface area contributed by atoms with Crippen molar-refractivity contribution in [2.75, 3.05) is 6.54 Å². The minimum atomic E-state index is -3.48. The number of hydrogen-bond acceptors (Lipinski definition) is 3. The molecule has 2 atom stereocenters.